The zero-order valence-corrected chi connectivity index (χ0v) is 22.3. The topological polar surface area (TPSA) is 77.5 Å². The zero-order valence-electron chi connectivity index (χ0n) is 22.3. The Morgan fingerprint density at radius 3 is 1.35 bits per heavy atom. The Balaban J connectivity index is -0.000000148. The van der Waals surface area contributed by atoms with Crippen molar-refractivity contribution in [2.24, 2.45) is 11.8 Å². The van der Waals surface area contributed by atoms with Gasteiger partial charge in [0.2, 0.25) is 0 Å². The maximum absolute atomic E-state index is 10.3. The predicted octanol–water partition coefficient (Wildman–Crippen LogP) is 7.14. The Morgan fingerprint density at radius 2 is 1.26 bits per heavy atom. The summed E-state index contributed by atoms with van der Waals surface area (Å²) >= 11 is 0. The third kappa shape index (κ3) is 58.5. The molecule has 0 radical (unpaired) electrons. The van der Waals surface area contributed by atoms with Crippen LogP contribution in [0.3, 0.4) is 0 Å². The van der Waals surface area contributed by atoms with Gasteiger partial charge in [-0.25, -0.2) is 0 Å². The molecule has 0 heterocycles. The van der Waals surface area contributed by atoms with Gasteiger partial charge in [0.1, 0.15) is 17.3 Å². The number of esters is 1. The van der Waals surface area contributed by atoms with E-state index >= 15 is 0 Å². The molecule has 5 nitrogen and oxygen atoms in total. The minimum absolute atomic E-state index is 0.245. The number of ether oxygens (including phenoxy) is 1. The molecule has 0 unspecified atom stereocenters. The van der Waals surface area contributed by atoms with Crippen LogP contribution in [0.1, 0.15) is 127 Å². The lowest BCUT2D eigenvalue weighted by molar-refractivity contribution is -0.138. The van der Waals surface area contributed by atoms with E-state index in [0.717, 1.165) is 31.6 Å². The summed E-state index contributed by atoms with van der Waals surface area (Å²) in [5, 5.41) is 0. The average molecular weight is 445 g/mol. The number of methoxy groups -OCH3 is 1. The van der Waals surface area contributed by atoms with Crippen LogP contribution in [0.4, 0.5) is 0 Å². The monoisotopic (exact) mass is 444 g/mol. The SMILES string of the molecule is CC(=O)CC(C)C.CC1CCCCC1.CCC(C)=O.CCCCC(C)=O.COC(C)=O. The van der Waals surface area contributed by atoms with Crippen molar-refractivity contribution in [3.05, 3.63) is 0 Å². The van der Waals surface area contributed by atoms with E-state index in [4.69, 9.17) is 0 Å². The van der Waals surface area contributed by atoms with Crippen LogP contribution in [-0.2, 0) is 23.9 Å². The van der Waals surface area contributed by atoms with Crippen molar-refractivity contribution >= 4 is 23.3 Å². The lowest BCUT2D eigenvalue weighted by atomic mass is 9.91. The van der Waals surface area contributed by atoms with Crippen LogP contribution in [-0.4, -0.2) is 30.4 Å². The first kappa shape index (κ1) is 36.8. The van der Waals surface area contributed by atoms with Crippen molar-refractivity contribution in [2.45, 2.75) is 127 Å². The summed E-state index contributed by atoms with van der Waals surface area (Å²) in [4.78, 5) is 39.9. The van der Waals surface area contributed by atoms with Gasteiger partial charge in [0.15, 0.2) is 0 Å². The summed E-state index contributed by atoms with van der Waals surface area (Å²) in [6, 6.07) is 0. The van der Waals surface area contributed by atoms with E-state index in [1.165, 1.54) is 46.1 Å². The molecule has 0 amide bonds. The van der Waals surface area contributed by atoms with Crippen LogP contribution < -0.4 is 0 Å². The predicted molar refractivity (Wildman–Crippen MR) is 131 cm³/mol. The Labute approximate surface area is 193 Å². The normalized spacial score (nSPS) is 12.2. The largest absolute Gasteiger partial charge is 0.469 e. The number of carbonyl (C=O) groups excluding carboxylic acids is 4. The molecule has 0 aromatic carbocycles. The molecule has 0 N–H and O–H groups in total. The molecule has 1 fully saturated rings. The first-order valence-electron chi connectivity index (χ1n) is 11.9. The molecule has 0 aliphatic heterocycles. The number of rotatable bonds is 6. The molecule has 1 aliphatic rings. The third-order valence-electron chi connectivity index (χ3n) is 4.26. The number of Topliss-reactive ketones (excluding diaryl/α,β-unsaturated/α-hetero) is 3. The van der Waals surface area contributed by atoms with E-state index in [1.807, 2.05) is 20.8 Å². The van der Waals surface area contributed by atoms with Gasteiger partial charge in [0.25, 0.3) is 0 Å². The highest BCUT2D eigenvalue weighted by Gasteiger charge is 2.05. The lowest BCUT2D eigenvalue weighted by Gasteiger charge is -2.15. The fourth-order valence-electron chi connectivity index (χ4n) is 2.31. The molecule has 0 spiro atoms. The first-order chi connectivity index (χ1) is 14.3. The van der Waals surface area contributed by atoms with Gasteiger partial charge in [-0.3, -0.25) is 4.79 Å². The van der Waals surface area contributed by atoms with E-state index in [9.17, 15) is 19.2 Å². The summed E-state index contributed by atoms with van der Waals surface area (Å²) < 4.78 is 4.11. The molecule has 31 heavy (non-hydrogen) atoms. The fourth-order valence-corrected chi connectivity index (χ4v) is 2.31. The summed E-state index contributed by atoms with van der Waals surface area (Å²) in [6.45, 7) is 16.6. The second kappa shape index (κ2) is 28.5. The molecular weight excluding hydrogens is 392 g/mol. The van der Waals surface area contributed by atoms with Crippen molar-refractivity contribution in [1.29, 1.82) is 0 Å². The summed E-state index contributed by atoms with van der Waals surface area (Å²) in [6.07, 6.45) is 11.8. The Kier molecular flexibility index (Phi) is 33.8. The highest BCUT2D eigenvalue weighted by Crippen LogP contribution is 2.22. The minimum Gasteiger partial charge on any atom is -0.469 e. The van der Waals surface area contributed by atoms with Crippen molar-refractivity contribution < 1.29 is 23.9 Å². The lowest BCUT2D eigenvalue weighted by Crippen LogP contribution is -1.99. The Bertz CT molecular complexity index is 421. The van der Waals surface area contributed by atoms with Crippen LogP contribution in [0, 0.1) is 11.8 Å². The summed E-state index contributed by atoms with van der Waals surface area (Å²) in [5.41, 5.74) is 0. The maximum Gasteiger partial charge on any atom is 0.302 e. The average Bonchev–Trinajstić information content (AvgIpc) is 2.67. The molecule has 0 aromatic heterocycles. The van der Waals surface area contributed by atoms with Gasteiger partial charge in [-0.15, -0.1) is 0 Å². The number of unbranched alkanes of at least 4 members (excludes halogenated alkanes) is 1. The molecule has 1 rings (SSSR count). The van der Waals surface area contributed by atoms with Crippen molar-refractivity contribution in [3.63, 3.8) is 0 Å². The van der Waals surface area contributed by atoms with Crippen LogP contribution in [0.25, 0.3) is 0 Å². The minimum atomic E-state index is -0.245. The van der Waals surface area contributed by atoms with E-state index < -0.39 is 0 Å². The number of hydrogen-bond acceptors (Lipinski definition) is 5. The van der Waals surface area contributed by atoms with Gasteiger partial charge in [-0.1, -0.05) is 73.1 Å². The zero-order chi connectivity index (χ0) is 25.2. The van der Waals surface area contributed by atoms with Gasteiger partial charge >= 0.3 is 5.97 Å². The van der Waals surface area contributed by atoms with Crippen LogP contribution in [0.2, 0.25) is 0 Å². The van der Waals surface area contributed by atoms with Gasteiger partial charge in [-0.2, -0.15) is 0 Å². The molecule has 186 valence electrons. The fraction of sp³-hybridized carbons (Fsp3) is 0.846. The summed E-state index contributed by atoms with van der Waals surface area (Å²) in [7, 11) is 1.35. The highest BCUT2D eigenvalue weighted by atomic mass is 16.5. The molecular formula is C26H52O5. The Morgan fingerprint density at radius 1 is 0.839 bits per heavy atom. The molecule has 0 bridgehead atoms. The van der Waals surface area contributed by atoms with Crippen LogP contribution in [0.5, 0.6) is 0 Å². The van der Waals surface area contributed by atoms with Crippen molar-refractivity contribution in [2.75, 3.05) is 7.11 Å². The van der Waals surface area contributed by atoms with E-state index in [2.05, 4.69) is 18.6 Å². The molecule has 0 aromatic rings. The van der Waals surface area contributed by atoms with Crippen molar-refractivity contribution in [3.8, 4) is 0 Å². The molecule has 0 saturated heterocycles. The molecule has 0 atom stereocenters. The highest BCUT2D eigenvalue weighted by molar-refractivity contribution is 5.75. The smallest absolute Gasteiger partial charge is 0.302 e. The second-order valence-electron chi connectivity index (χ2n) is 8.60. The van der Waals surface area contributed by atoms with Crippen molar-refractivity contribution in [1.82, 2.24) is 0 Å². The Hall–Kier alpha value is -1.52. The maximum atomic E-state index is 10.3. The van der Waals surface area contributed by atoms with Crippen LogP contribution >= 0.6 is 0 Å². The van der Waals surface area contributed by atoms with E-state index in [-0.39, 0.29) is 17.5 Å². The second-order valence-corrected chi connectivity index (χ2v) is 8.60. The van der Waals surface area contributed by atoms with Gasteiger partial charge < -0.3 is 19.1 Å². The standard InChI is InChI=1S/C7H14.2C6H12O.C4H8O.C3H6O2/c1-7-5-3-2-4-6-7;1-5(2)4-6(3)7;1-3-4-5-6(2)7;1-3-4(2)5;1-3(4)5-2/h7H,2-6H2,1H3;5H,4H2,1-3H3;3-5H2,1-2H3;3H2,1-2H3;1-2H3. The third-order valence-corrected chi connectivity index (χ3v) is 4.26. The van der Waals surface area contributed by atoms with E-state index in [1.54, 1.807) is 20.8 Å². The summed E-state index contributed by atoms with van der Waals surface area (Å²) in [5.74, 6) is 2.16. The number of carbonyl (C=O) groups is 4. The van der Waals surface area contributed by atoms with Gasteiger partial charge in [-0.05, 0) is 39.0 Å². The van der Waals surface area contributed by atoms with Gasteiger partial charge in [0.05, 0.1) is 7.11 Å². The first-order valence-corrected chi connectivity index (χ1v) is 11.9. The molecule has 1 saturated carbocycles. The van der Waals surface area contributed by atoms with Gasteiger partial charge in [0, 0.05) is 26.2 Å². The van der Waals surface area contributed by atoms with E-state index in [0.29, 0.717) is 18.1 Å². The number of hydrogen-bond donors (Lipinski definition) is 0. The molecule has 5 heteroatoms. The quantitative estimate of drug-likeness (QED) is 0.407. The number of ketones is 3. The van der Waals surface area contributed by atoms with Crippen LogP contribution in [0.15, 0.2) is 0 Å². The molecule has 1 aliphatic carbocycles.